The van der Waals surface area contributed by atoms with Gasteiger partial charge < -0.3 is 10.1 Å². The van der Waals surface area contributed by atoms with Crippen molar-refractivity contribution in [3.05, 3.63) is 32.8 Å². The molecule has 0 saturated carbocycles. The molecule has 0 aliphatic rings. The SMILES string of the molecule is CNCc1nnc(Oc2cccc(I)c2)s1. The molecule has 0 unspecified atom stereocenters. The lowest BCUT2D eigenvalue weighted by atomic mass is 10.3. The minimum absolute atomic E-state index is 0.576. The Morgan fingerprint density at radius 2 is 2.31 bits per heavy atom. The maximum atomic E-state index is 5.60. The van der Waals surface area contributed by atoms with Gasteiger partial charge in [0.25, 0.3) is 5.19 Å². The van der Waals surface area contributed by atoms with Crippen LogP contribution in [-0.2, 0) is 6.54 Å². The Morgan fingerprint density at radius 1 is 1.44 bits per heavy atom. The second kappa shape index (κ2) is 5.55. The number of nitrogens with one attached hydrogen (secondary N) is 1. The van der Waals surface area contributed by atoms with Crippen LogP contribution >= 0.6 is 33.9 Å². The summed E-state index contributed by atoms with van der Waals surface area (Å²) < 4.78 is 6.73. The van der Waals surface area contributed by atoms with Crippen molar-refractivity contribution in [2.75, 3.05) is 7.05 Å². The van der Waals surface area contributed by atoms with Crippen molar-refractivity contribution in [1.82, 2.24) is 15.5 Å². The molecule has 1 heterocycles. The van der Waals surface area contributed by atoms with Gasteiger partial charge in [-0.2, -0.15) is 0 Å². The van der Waals surface area contributed by atoms with Gasteiger partial charge in [0.1, 0.15) is 10.8 Å². The van der Waals surface area contributed by atoms with Gasteiger partial charge in [0, 0.05) is 10.1 Å². The van der Waals surface area contributed by atoms with Crippen LogP contribution in [0.5, 0.6) is 10.9 Å². The molecule has 0 radical (unpaired) electrons. The number of hydrogen-bond donors (Lipinski definition) is 1. The van der Waals surface area contributed by atoms with Crippen molar-refractivity contribution < 1.29 is 4.74 Å². The smallest absolute Gasteiger partial charge is 0.299 e. The summed E-state index contributed by atoms with van der Waals surface area (Å²) in [5.74, 6) is 0.791. The molecule has 84 valence electrons. The summed E-state index contributed by atoms with van der Waals surface area (Å²) in [5, 5.41) is 12.5. The van der Waals surface area contributed by atoms with Gasteiger partial charge in [0.05, 0.1) is 0 Å². The molecule has 0 saturated heterocycles. The van der Waals surface area contributed by atoms with Crippen molar-refractivity contribution in [3.63, 3.8) is 0 Å². The fourth-order valence-corrected chi connectivity index (χ4v) is 2.37. The van der Waals surface area contributed by atoms with Gasteiger partial charge in [-0.25, -0.2) is 0 Å². The number of nitrogens with zero attached hydrogens (tertiary/aromatic N) is 2. The predicted molar refractivity (Wildman–Crippen MR) is 71.9 cm³/mol. The molecule has 6 heteroatoms. The number of rotatable bonds is 4. The maximum absolute atomic E-state index is 5.60. The Morgan fingerprint density at radius 3 is 3.06 bits per heavy atom. The molecule has 2 rings (SSSR count). The van der Waals surface area contributed by atoms with E-state index in [-0.39, 0.29) is 0 Å². The molecule has 16 heavy (non-hydrogen) atoms. The van der Waals surface area contributed by atoms with Crippen LogP contribution in [0.2, 0.25) is 0 Å². The molecule has 1 aromatic heterocycles. The van der Waals surface area contributed by atoms with Crippen LogP contribution in [0, 0.1) is 3.57 Å². The molecule has 2 aromatic rings. The summed E-state index contributed by atoms with van der Waals surface area (Å²) in [4.78, 5) is 0. The number of hydrogen-bond acceptors (Lipinski definition) is 5. The zero-order valence-corrected chi connectivity index (χ0v) is 11.6. The quantitative estimate of drug-likeness (QED) is 0.864. The molecule has 0 aliphatic heterocycles. The largest absolute Gasteiger partial charge is 0.430 e. The number of halogens is 1. The first-order chi connectivity index (χ1) is 7.78. The summed E-state index contributed by atoms with van der Waals surface area (Å²) in [5.41, 5.74) is 0. The van der Waals surface area contributed by atoms with Crippen molar-refractivity contribution in [2.24, 2.45) is 0 Å². The Labute approximate surface area is 111 Å². The number of aromatic nitrogens is 2. The first-order valence-corrected chi connectivity index (χ1v) is 6.58. The standard InChI is InChI=1S/C10H10IN3OS/c1-12-6-9-13-14-10(16-9)15-8-4-2-3-7(11)5-8/h2-5,12H,6H2,1H3. The summed E-state index contributed by atoms with van der Waals surface area (Å²) in [7, 11) is 1.88. The molecule has 1 N–H and O–H groups in total. The van der Waals surface area contributed by atoms with Crippen molar-refractivity contribution in [3.8, 4) is 10.9 Å². The lowest BCUT2D eigenvalue weighted by Gasteiger charge is -2.00. The molecule has 4 nitrogen and oxygen atoms in total. The summed E-state index contributed by atoms with van der Waals surface area (Å²) >= 11 is 3.69. The third-order valence-electron chi connectivity index (χ3n) is 1.78. The monoisotopic (exact) mass is 347 g/mol. The first kappa shape index (κ1) is 11.7. The van der Waals surface area contributed by atoms with Crippen LogP contribution in [0.15, 0.2) is 24.3 Å². The van der Waals surface area contributed by atoms with E-state index < -0.39 is 0 Å². The summed E-state index contributed by atoms with van der Waals surface area (Å²) in [6.07, 6.45) is 0. The maximum Gasteiger partial charge on any atom is 0.299 e. The van der Waals surface area contributed by atoms with E-state index in [1.165, 1.54) is 11.3 Å². The van der Waals surface area contributed by atoms with Crippen molar-refractivity contribution in [1.29, 1.82) is 0 Å². The van der Waals surface area contributed by atoms with Gasteiger partial charge in [-0.05, 0) is 47.8 Å². The van der Waals surface area contributed by atoms with Crippen LogP contribution in [0.4, 0.5) is 0 Å². The highest BCUT2D eigenvalue weighted by Crippen LogP contribution is 2.25. The summed E-state index contributed by atoms with van der Waals surface area (Å²) in [6, 6.07) is 7.83. The molecule has 0 bridgehead atoms. The van der Waals surface area contributed by atoms with Crippen LogP contribution in [0.1, 0.15) is 5.01 Å². The van der Waals surface area contributed by atoms with E-state index in [4.69, 9.17) is 4.74 Å². The highest BCUT2D eigenvalue weighted by molar-refractivity contribution is 14.1. The van der Waals surface area contributed by atoms with E-state index in [1.54, 1.807) is 0 Å². The van der Waals surface area contributed by atoms with Crippen LogP contribution < -0.4 is 10.1 Å². The van der Waals surface area contributed by atoms with Crippen molar-refractivity contribution >= 4 is 33.9 Å². The fraction of sp³-hybridized carbons (Fsp3) is 0.200. The summed E-state index contributed by atoms with van der Waals surface area (Å²) in [6.45, 7) is 0.716. The number of ether oxygens (including phenoxy) is 1. The Bertz CT molecular complexity index is 475. The molecule has 0 spiro atoms. The highest BCUT2D eigenvalue weighted by atomic mass is 127. The Hall–Kier alpha value is -0.730. The Balaban J connectivity index is 2.08. The molecule has 1 aromatic carbocycles. The van der Waals surface area contributed by atoms with Gasteiger partial charge >= 0.3 is 0 Å². The van der Waals surface area contributed by atoms with Crippen LogP contribution in [0.25, 0.3) is 0 Å². The van der Waals surface area contributed by atoms with E-state index in [9.17, 15) is 0 Å². The van der Waals surface area contributed by atoms with E-state index in [2.05, 4.69) is 38.1 Å². The van der Waals surface area contributed by atoms with Crippen LogP contribution in [-0.4, -0.2) is 17.2 Å². The van der Waals surface area contributed by atoms with Crippen molar-refractivity contribution in [2.45, 2.75) is 6.54 Å². The zero-order valence-electron chi connectivity index (χ0n) is 8.61. The topological polar surface area (TPSA) is 47.0 Å². The van der Waals surface area contributed by atoms with Gasteiger partial charge in [-0.1, -0.05) is 22.5 Å². The normalized spacial score (nSPS) is 10.4. The second-order valence-electron chi connectivity index (χ2n) is 3.05. The van der Waals surface area contributed by atoms with E-state index in [0.717, 1.165) is 14.3 Å². The average molecular weight is 347 g/mol. The lowest BCUT2D eigenvalue weighted by Crippen LogP contribution is -2.04. The highest BCUT2D eigenvalue weighted by Gasteiger charge is 2.05. The van der Waals surface area contributed by atoms with Crippen LogP contribution in [0.3, 0.4) is 0 Å². The van der Waals surface area contributed by atoms with E-state index in [1.807, 2.05) is 31.3 Å². The van der Waals surface area contributed by atoms with E-state index >= 15 is 0 Å². The second-order valence-corrected chi connectivity index (χ2v) is 5.32. The predicted octanol–water partition coefficient (Wildman–Crippen LogP) is 2.65. The molecular formula is C10H10IN3OS. The number of benzene rings is 1. The Kier molecular flexibility index (Phi) is 4.08. The fourth-order valence-electron chi connectivity index (χ4n) is 1.13. The molecule has 0 atom stereocenters. The molecule has 0 aliphatic carbocycles. The van der Waals surface area contributed by atoms with E-state index in [0.29, 0.717) is 11.7 Å². The van der Waals surface area contributed by atoms with Gasteiger partial charge in [0.15, 0.2) is 0 Å². The third kappa shape index (κ3) is 3.13. The molecular weight excluding hydrogens is 337 g/mol. The van der Waals surface area contributed by atoms with Gasteiger partial charge in [-0.3, -0.25) is 0 Å². The minimum atomic E-state index is 0.576. The molecule has 0 amide bonds. The lowest BCUT2D eigenvalue weighted by molar-refractivity contribution is 0.472. The van der Waals surface area contributed by atoms with Gasteiger partial charge in [-0.15, -0.1) is 5.10 Å². The first-order valence-electron chi connectivity index (χ1n) is 4.68. The zero-order chi connectivity index (χ0) is 11.4. The average Bonchev–Trinajstić information content (AvgIpc) is 2.66. The molecule has 0 fully saturated rings. The minimum Gasteiger partial charge on any atom is -0.430 e. The third-order valence-corrected chi connectivity index (χ3v) is 3.25. The van der Waals surface area contributed by atoms with Gasteiger partial charge in [0.2, 0.25) is 0 Å².